The van der Waals surface area contributed by atoms with E-state index >= 15 is 0 Å². The quantitative estimate of drug-likeness (QED) is 0.681. The Kier molecular flexibility index (Phi) is 2.71. The van der Waals surface area contributed by atoms with Crippen molar-refractivity contribution in [3.05, 3.63) is 0 Å². The number of hydrogen-bond acceptors (Lipinski definition) is 3. The minimum atomic E-state index is -0.847. The lowest BCUT2D eigenvalue weighted by molar-refractivity contribution is -0.151. The molecule has 1 aliphatic heterocycles. The number of nitrogens with zero attached hydrogens (tertiary/aromatic N) is 1. The minimum absolute atomic E-state index is 0.234. The molecule has 0 aromatic carbocycles. The number of carbonyl (C=O) groups excluding carboxylic acids is 1. The third kappa shape index (κ3) is 2.06. The van der Waals surface area contributed by atoms with Crippen LogP contribution in [0.3, 0.4) is 0 Å². The number of carbonyl (C=O) groups is 2. The van der Waals surface area contributed by atoms with E-state index in [2.05, 4.69) is 0 Å². The molecular weight excluding hydrogens is 170 g/mol. The molecule has 4 nitrogen and oxygen atoms in total. The van der Waals surface area contributed by atoms with Gasteiger partial charge in [0.25, 0.3) is 0 Å². The lowest BCUT2D eigenvalue weighted by atomic mass is 9.98. The Labute approximate surface area is 77.5 Å². The molecule has 1 fully saturated rings. The van der Waals surface area contributed by atoms with Crippen LogP contribution in [0, 0.1) is 0 Å². The summed E-state index contributed by atoms with van der Waals surface area (Å²) in [5, 5.41) is 8.93. The molecule has 0 aliphatic carbocycles. The van der Waals surface area contributed by atoms with Crippen molar-refractivity contribution < 1.29 is 14.7 Å². The summed E-state index contributed by atoms with van der Waals surface area (Å²) in [6.07, 6.45) is 0.966. The summed E-state index contributed by atoms with van der Waals surface area (Å²) in [4.78, 5) is 23.7. The number of likely N-dealkylation sites (tertiary alicyclic amines) is 1. The largest absolute Gasteiger partial charge is 0.480 e. The van der Waals surface area contributed by atoms with Crippen molar-refractivity contribution in [3.8, 4) is 0 Å². The average molecular weight is 185 g/mol. The van der Waals surface area contributed by atoms with Crippen LogP contribution >= 0.6 is 0 Å². The third-order valence-corrected chi connectivity index (χ3v) is 2.64. The summed E-state index contributed by atoms with van der Waals surface area (Å²) >= 11 is 0. The van der Waals surface area contributed by atoms with Crippen LogP contribution in [0.15, 0.2) is 0 Å². The van der Waals surface area contributed by atoms with Crippen LogP contribution in [-0.4, -0.2) is 40.4 Å². The molecule has 0 aromatic rings. The molecule has 1 N–H and O–H groups in total. The first-order valence-corrected chi connectivity index (χ1v) is 4.45. The second kappa shape index (κ2) is 3.46. The molecule has 0 amide bonds. The highest BCUT2D eigenvalue weighted by Crippen LogP contribution is 2.19. The Morgan fingerprint density at radius 3 is 2.23 bits per heavy atom. The standard InChI is InChI=1S/C9H15NO3/c1-9(2,8(12)13)10-5-3-7(11)4-6-10/h3-6H2,1-2H3,(H,12,13). The van der Waals surface area contributed by atoms with Gasteiger partial charge in [0.15, 0.2) is 0 Å². The van der Waals surface area contributed by atoms with Crippen LogP contribution in [-0.2, 0) is 9.59 Å². The van der Waals surface area contributed by atoms with Gasteiger partial charge in [-0.25, -0.2) is 0 Å². The SMILES string of the molecule is CC(C)(C(=O)O)N1CCC(=O)CC1. The zero-order chi connectivity index (χ0) is 10.1. The Bertz CT molecular complexity index is 225. The molecule has 74 valence electrons. The van der Waals surface area contributed by atoms with E-state index in [0.29, 0.717) is 25.9 Å². The fourth-order valence-electron chi connectivity index (χ4n) is 1.45. The number of hydrogen-bond donors (Lipinski definition) is 1. The molecule has 1 rings (SSSR count). The molecular formula is C9H15NO3. The lowest BCUT2D eigenvalue weighted by Crippen LogP contribution is -2.53. The fourth-order valence-corrected chi connectivity index (χ4v) is 1.45. The number of carboxylic acid groups (broad SMARTS) is 1. The monoisotopic (exact) mass is 185 g/mol. The zero-order valence-electron chi connectivity index (χ0n) is 8.04. The number of rotatable bonds is 2. The summed E-state index contributed by atoms with van der Waals surface area (Å²) in [5.41, 5.74) is -0.847. The van der Waals surface area contributed by atoms with E-state index in [4.69, 9.17) is 5.11 Å². The molecule has 1 heterocycles. The van der Waals surface area contributed by atoms with Gasteiger partial charge in [-0.05, 0) is 13.8 Å². The maximum Gasteiger partial charge on any atom is 0.323 e. The first-order chi connectivity index (χ1) is 5.94. The molecule has 13 heavy (non-hydrogen) atoms. The van der Waals surface area contributed by atoms with E-state index in [1.165, 1.54) is 0 Å². The van der Waals surface area contributed by atoms with Gasteiger partial charge in [-0.15, -0.1) is 0 Å². The van der Waals surface area contributed by atoms with Crippen molar-refractivity contribution in [2.24, 2.45) is 0 Å². The third-order valence-electron chi connectivity index (χ3n) is 2.64. The summed E-state index contributed by atoms with van der Waals surface area (Å²) in [6.45, 7) is 4.48. The summed E-state index contributed by atoms with van der Waals surface area (Å²) in [7, 11) is 0. The van der Waals surface area contributed by atoms with Gasteiger partial charge in [-0.2, -0.15) is 0 Å². The number of carboxylic acids is 1. The van der Waals surface area contributed by atoms with Gasteiger partial charge in [-0.3, -0.25) is 14.5 Å². The number of Topliss-reactive ketones (excluding diaryl/α,β-unsaturated/α-hetero) is 1. The van der Waals surface area contributed by atoms with Crippen molar-refractivity contribution >= 4 is 11.8 Å². The first-order valence-electron chi connectivity index (χ1n) is 4.45. The van der Waals surface area contributed by atoms with Crippen LogP contribution in [0.5, 0.6) is 0 Å². The van der Waals surface area contributed by atoms with Crippen molar-refractivity contribution in [1.82, 2.24) is 4.90 Å². The molecule has 0 saturated carbocycles. The smallest absolute Gasteiger partial charge is 0.323 e. The fraction of sp³-hybridized carbons (Fsp3) is 0.778. The number of ketones is 1. The minimum Gasteiger partial charge on any atom is -0.480 e. The van der Waals surface area contributed by atoms with Crippen molar-refractivity contribution in [1.29, 1.82) is 0 Å². The summed E-state index contributed by atoms with van der Waals surface area (Å²) in [6, 6.07) is 0. The molecule has 0 bridgehead atoms. The van der Waals surface area contributed by atoms with Crippen LogP contribution in [0.1, 0.15) is 26.7 Å². The second-order valence-corrected chi connectivity index (χ2v) is 3.89. The zero-order valence-corrected chi connectivity index (χ0v) is 8.04. The highest BCUT2D eigenvalue weighted by molar-refractivity contribution is 5.81. The van der Waals surface area contributed by atoms with Crippen LogP contribution in [0.2, 0.25) is 0 Å². The first kappa shape index (κ1) is 10.2. The molecule has 0 spiro atoms. The Morgan fingerprint density at radius 1 is 1.38 bits per heavy atom. The van der Waals surface area contributed by atoms with E-state index in [0.717, 1.165) is 0 Å². The van der Waals surface area contributed by atoms with Gasteiger partial charge in [0.1, 0.15) is 11.3 Å². The molecule has 0 unspecified atom stereocenters. The topological polar surface area (TPSA) is 57.6 Å². The second-order valence-electron chi connectivity index (χ2n) is 3.89. The number of aliphatic carboxylic acids is 1. The molecule has 1 aliphatic rings. The highest BCUT2D eigenvalue weighted by atomic mass is 16.4. The maximum atomic E-state index is 10.9. The summed E-state index contributed by atoms with van der Waals surface area (Å²) in [5.74, 6) is -0.598. The molecule has 0 aromatic heterocycles. The van der Waals surface area contributed by atoms with E-state index in [1.54, 1.807) is 13.8 Å². The van der Waals surface area contributed by atoms with E-state index in [9.17, 15) is 9.59 Å². The van der Waals surface area contributed by atoms with Gasteiger partial charge >= 0.3 is 5.97 Å². The van der Waals surface area contributed by atoms with Crippen molar-refractivity contribution in [2.75, 3.05) is 13.1 Å². The molecule has 0 atom stereocenters. The van der Waals surface area contributed by atoms with Gasteiger partial charge < -0.3 is 5.11 Å². The Hall–Kier alpha value is -0.900. The van der Waals surface area contributed by atoms with E-state index < -0.39 is 11.5 Å². The van der Waals surface area contributed by atoms with Crippen molar-refractivity contribution in [3.63, 3.8) is 0 Å². The van der Waals surface area contributed by atoms with Gasteiger partial charge in [0.05, 0.1) is 0 Å². The summed E-state index contributed by atoms with van der Waals surface area (Å²) < 4.78 is 0. The van der Waals surface area contributed by atoms with E-state index in [1.807, 2.05) is 4.90 Å². The molecule has 0 radical (unpaired) electrons. The van der Waals surface area contributed by atoms with Crippen LogP contribution in [0.25, 0.3) is 0 Å². The van der Waals surface area contributed by atoms with E-state index in [-0.39, 0.29) is 5.78 Å². The Morgan fingerprint density at radius 2 is 1.85 bits per heavy atom. The van der Waals surface area contributed by atoms with Crippen molar-refractivity contribution in [2.45, 2.75) is 32.2 Å². The predicted molar refractivity (Wildman–Crippen MR) is 47.5 cm³/mol. The molecule has 1 saturated heterocycles. The van der Waals surface area contributed by atoms with Crippen LogP contribution < -0.4 is 0 Å². The van der Waals surface area contributed by atoms with Gasteiger partial charge in [0, 0.05) is 25.9 Å². The van der Waals surface area contributed by atoms with Gasteiger partial charge in [0.2, 0.25) is 0 Å². The molecule has 4 heteroatoms. The van der Waals surface area contributed by atoms with Gasteiger partial charge in [-0.1, -0.05) is 0 Å². The maximum absolute atomic E-state index is 10.9. The van der Waals surface area contributed by atoms with Crippen LogP contribution in [0.4, 0.5) is 0 Å². The normalized spacial score (nSPS) is 20.3. The lowest BCUT2D eigenvalue weighted by Gasteiger charge is -2.37. The predicted octanol–water partition coefficient (Wildman–Crippen LogP) is 0.514. The Balaban J connectivity index is 2.62. The highest BCUT2D eigenvalue weighted by Gasteiger charge is 2.36. The number of piperidine rings is 1. The average Bonchev–Trinajstić information content (AvgIpc) is 2.04.